The van der Waals surface area contributed by atoms with Crippen molar-refractivity contribution in [2.24, 2.45) is 0 Å². The minimum Gasteiger partial charge on any atom is -0.377 e. The van der Waals surface area contributed by atoms with Crippen molar-refractivity contribution in [1.82, 2.24) is 4.90 Å². The number of piperidine rings is 1. The fraction of sp³-hybridized carbons (Fsp3) is 0.688. The minimum atomic E-state index is 0.111. The van der Waals surface area contributed by atoms with Crippen LogP contribution in [0.5, 0.6) is 0 Å². The second-order valence-corrected chi connectivity index (χ2v) is 7.62. The lowest BCUT2D eigenvalue weighted by atomic mass is 9.86. The van der Waals surface area contributed by atoms with Gasteiger partial charge < -0.3 is 9.64 Å². The van der Waals surface area contributed by atoms with Gasteiger partial charge in [0.25, 0.3) is 0 Å². The van der Waals surface area contributed by atoms with Crippen LogP contribution in [0.3, 0.4) is 0 Å². The summed E-state index contributed by atoms with van der Waals surface area (Å²) < 4.78 is 5.77. The topological polar surface area (TPSA) is 29.5 Å². The summed E-state index contributed by atoms with van der Waals surface area (Å²) in [6.45, 7) is 2.46. The van der Waals surface area contributed by atoms with Crippen molar-refractivity contribution in [3.63, 3.8) is 0 Å². The van der Waals surface area contributed by atoms with Crippen LogP contribution in [0.1, 0.15) is 42.0 Å². The summed E-state index contributed by atoms with van der Waals surface area (Å²) in [7, 11) is 0. The smallest absolute Gasteiger partial charge is 0.230 e. The minimum absolute atomic E-state index is 0.111. The number of likely N-dealkylation sites (tertiary alicyclic amines) is 1. The Hall–Kier alpha value is -0.390. The average molecular weight is 372 g/mol. The Morgan fingerprint density at radius 3 is 2.95 bits per heavy atom. The van der Waals surface area contributed by atoms with Crippen LogP contribution in [0.2, 0.25) is 0 Å². The molecular weight excluding hydrogens is 350 g/mol. The fourth-order valence-electron chi connectivity index (χ4n) is 3.42. The van der Waals surface area contributed by atoms with E-state index in [1.54, 1.807) is 0 Å². The summed E-state index contributed by atoms with van der Waals surface area (Å²) in [6.07, 6.45) is 5.59. The number of carbonyl (C=O) groups is 1. The molecule has 1 saturated heterocycles. The lowest BCUT2D eigenvalue weighted by molar-refractivity contribution is -0.135. The molecule has 1 unspecified atom stereocenters. The molecule has 116 valence electrons. The fourth-order valence-corrected chi connectivity index (χ4v) is 4.59. The van der Waals surface area contributed by atoms with Gasteiger partial charge in [-0.3, -0.25) is 4.79 Å². The summed E-state index contributed by atoms with van der Waals surface area (Å²) in [5.74, 6) is 0.452. The zero-order chi connectivity index (χ0) is 14.7. The first-order valence-corrected chi connectivity index (χ1v) is 9.82. The number of hydrogen-bond donors (Lipinski definition) is 0. The van der Waals surface area contributed by atoms with Crippen LogP contribution in [0.15, 0.2) is 11.4 Å². The molecule has 3 nitrogen and oxygen atoms in total. The van der Waals surface area contributed by atoms with Crippen molar-refractivity contribution < 1.29 is 9.53 Å². The van der Waals surface area contributed by atoms with Crippen LogP contribution in [-0.4, -0.2) is 41.9 Å². The number of ether oxygens (including phenoxy) is 1. The highest BCUT2D eigenvalue weighted by atomic mass is 79.9. The largest absolute Gasteiger partial charge is 0.377 e. The molecule has 0 spiro atoms. The Balaban J connectivity index is 1.58. The molecule has 0 saturated carbocycles. The van der Waals surface area contributed by atoms with Gasteiger partial charge in [-0.15, -0.1) is 11.3 Å². The van der Waals surface area contributed by atoms with Crippen molar-refractivity contribution in [2.45, 2.75) is 44.1 Å². The molecule has 1 aliphatic carbocycles. The SMILES string of the molecule is O=C(C1CCCc2sccc21)N1CCC(OCCBr)CC1. The van der Waals surface area contributed by atoms with Crippen LogP contribution < -0.4 is 0 Å². The number of thiophene rings is 1. The predicted octanol–water partition coefficient (Wildman–Crippen LogP) is 3.57. The molecule has 1 aromatic heterocycles. The van der Waals surface area contributed by atoms with Gasteiger partial charge in [-0.2, -0.15) is 0 Å². The predicted molar refractivity (Wildman–Crippen MR) is 89.3 cm³/mol. The molecular formula is C16H22BrNO2S. The number of aryl methyl sites for hydroxylation is 1. The van der Waals surface area contributed by atoms with Crippen LogP contribution in [0.4, 0.5) is 0 Å². The Morgan fingerprint density at radius 2 is 2.19 bits per heavy atom. The quantitative estimate of drug-likeness (QED) is 0.757. The molecule has 1 fully saturated rings. The Labute approximate surface area is 138 Å². The van der Waals surface area contributed by atoms with E-state index < -0.39 is 0 Å². The highest BCUT2D eigenvalue weighted by Crippen LogP contribution is 2.36. The molecule has 2 heterocycles. The third-order valence-corrected chi connectivity index (χ3v) is 5.85. The standard InChI is InChI=1S/C16H22BrNO2S/c17-7-10-20-12-4-8-18(9-5-12)16(19)14-2-1-3-15-13(14)6-11-21-15/h6,11-12,14H,1-5,7-10H2. The summed E-state index contributed by atoms with van der Waals surface area (Å²) in [4.78, 5) is 16.3. The van der Waals surface area contributed by atoms with Gasteiger partial charge in [-0.05, 0) is 49.1 Å². The van der Waals surface area contributed by atoms with Gasteiger partial charge in [0.2, 0.25) is 5.91 Å². The van der Waals surface area contributed by atoms with Gasteiger partial charge in [-0.1, -0.05) is 15.9 Å². The number of hydrogen-bond acceptors (Lipinski definition) is 3. The van der Waals surface area contributed by atoms with Gasteiger partial charge in [-0.25, -0.2) is 0 Å². The highest BCUT2D eigenvalue weighted by Gasteiger charge is 2.32. The van der Waals surface area contributed by atoms with E-state index >= 15 is 0 Å². The summed E-state index contributed by atoms with van der Waals surface area (Å²) in [5, 5.41) is 3.02. The third-order valence-electron chi connectivity index (χ3n) is 4.53. The van der Waals surface area contributed by atoms with Gasteiger partial charge in [0.1, 0.15) is 0 Å². The molecule has 1 amide bonds. The molecule has 0 radical (unpaired) electrons. The normalized spacial score (nSPS) is 23.1. The Bertz CT molecular complexity index is 482. The zero-order valence-electron chi connectivity index (χ0n) is 12.2. The molecule has 1 aliphatic heterocycles. The van der Waals surface area contributed by atoms with Crippen molar-refractivity contribution in [1.29, 1.82) is 0 Å². The molecule has 0 bridgehead atoms. The highest BCUT2D eigenvalue weighted by molar-refractivity contribution is 9.09. The summed E-state index contributed by atoms with van der Waals surface area (Å²) >= 11 is 5.19. The molecule has 3 rings (SSSR count). The van der Waals surface area contributed by atoms with E-state index in [4.69, 9.17) is 4.74 Å². The van der Waals surface area contributed by atoms with Crippen molar-refractivity contribution in [3.8, 4) is 0 Å². The van der Waals surface area contributed by atoms with Crippen molar-refractivity contribution in [2.75, 3.05) is 25.0 Å². The first-order chi connectivity index (χ1) is 10.3. The molecule has 2 aliphatic rings. The molecule has 1 atom stereocenters. The molecule has 21 heavy (non-hydrogen) atoms. The lowest BCUT2D eigenvalue weighted by Crippen LogP contribution is -2.43. The third kappa shape index (κ3) is 3.51. The van der Waals surface area contributed by atoms with E-state index in [-0.39, 0.29) is 5.92 Å². The van der Waals surface area contributed by atoms with Crippen LogP contribution >= 0.6 is 27.3 Å². The number of rotatable bonds is 4. The first-order valence-electron chi connectivity index (χ1n) is 7.82. The summed E-state index contributed by atoms with van der Waals surface area (Å²) in [5.41, 5.74) is 1.30. The molecule has 1 aromatic rings. The molecule has 0 N–H and O–H groups in total. The van der Waals surface area contributed by atoms with E-state index in [1.165, 1.54) is 10.4 Å². The number of carbonyl (C=O) groups excluding carboxylic acids is 1. The van der Waals surface area contributed by atoms with Gasteiger partial charge >= 0.3 is 0 Å². The van der Waals surface area contributed by atoms with E-state index in [1.807, 2.05) is 11.3 Å². The van der Waals surface area contributed by atoms with E-state index in [0.29, 0.717) is 12.0 Å². The number of halogens is 1. The summed E-state index contributed by atoms with van der Waals surface area (Å²) in [6, 6.07) is 2.16. The van der Waals surface area contributed by atoms with E-state index in [9.17, 15) is 4.79 Å². The number of amides is 1. The maximum absolute atomic E-state index is 12.8. The van der Waals surface area contributed by atoms with Crippen LogP contribution in [0.25, 0.3) is 0 Å². The van der Waals surface area contributed by atoms with Crippen molar-refractivity contribution in [3.05, 3.63) is 21.9 Å². The average Bonchev–Trinajstić information content (AvgIpc) is 3.01. The lowest BCUT2D eigenvalue weighted by Gasteiger charge is -2.35. The molecule has 5 heteroatoms. The number of alkyl halides is 1. The second kappa shape index (κ2) is 7.25. The van der Waals surface area contributed by atoms with Crippen molar-refractivity contribution >= 4 is 33.2 Å². The van der Waals surface area contributed by atoms with Gasteiger partial charge in [0.05, 0.1) is 18.6 Å². The Kier molecular flexibility index (Phi) is 5.35. The van der Waals surface area contributed by atoms with E-state index in [2.05, 4.69) is 32.3 Å². The maximum Gasteiger partial charge on any atom is 0.230 e. The van der Waals surface area contributed by atoms with Crippen LogP contribution in [0, 0.1) is 0 Å². The number of fused-ring (bicyclic) bond motifs is 1. The zero-order valence-corrected chi connectivity index (χ0v) is 14.6. The molecule has 0 aromatic carbocycles. The number of nitrogens with zero attached hydrogens (tertiary/aromatic N) is 1. The second-order valence-electron chi connectivity index (χ2n) is 5.83. The first kappa shape index (κ1) is 15.5. The monoisotopic (exact) mass is 371 g/mol. The van der Waals surface area contributed by atoms with Gasteiger partial charge in [0, 0.05) is 23.3 Å². The van der Waals surface area contributed by atoms with Crippen LogP contribution in [-0.2, 0) is 16.0 Å². The van der Waals surface area contributed by atoms with E-state index in [0.717, 1.165) is 57.1 Å². The van der Waals surface area contributed by atoms with Gasteiger partial charge in [0.15, 0.2) is 0 Å². The Morgan fingerprint density at radius 1 is 1.38 bits per heavy atom. The maximum atomic E-state index is 12.8.